The Kier molecular flexibility index (Phi) is 3.92. The molecule has 4 rings (SSSR count). The first kappa shape index (κ1) is 15.2. The van der Waals surface area contributed by atoms with Gasteiger partial charge in [-0.15, -0.1) is 0 Å². The van der Waals surface area contributed by atoms with Crippen LogP contribution in [0.4, 0.5) is 0 Å². The average Bonchev–Trinajstić information content (AvgIpc) is 3.02. The van der Waals surface area contributed by atoms with Gasteiger partial charge in [0.25, 0.3) is 5.91 Å². The highest BCUT2D eigenvalue weighted by Gasteiger charge is 2.52. The number of nitrogens with one attached hydrogen (secondary N) is 1. The molecule has 1 aromatic rings. The number of amides is 1. The Morgan fingerprint density at radius 3 is 2.78 bits per heavy atom. The normalized spacial score (nSPS) is 25.0. The van der Waals surface area contributed by atoms with Crippen LogP contribution in [0.5, 0.6) is 0 Å². The van der Waals surface area contributed by atoms with Crippen molar-refractivity contribution >= 4 is 5.91 Å². The molecule has 126 valence electrons. The van der Waals surface area contributed by atoms with Gasteiger partial charge < -0.3 is 14.6 Å². The molecule has 2 saturated carbocycles. The maximum Gasteiger partial charge on any atom is 0.252 e. The second-order valence-corrected chi connectivity index (χ2v) is 7.41. The fourth-order valence-electron chi connectivity index (χ4n) is 4.90. The summed E-state index contributed by atoms with van der Waals surface area (Å²) in [7, 11) is 1.70. The van der Waals surface area contributed by atoms with Gasteiger partial charge in [-0.05, 0) is 38.0 Å². The number of methoxy groups -OCH3 is 1. The van der Waals surface area contributed by atoms with Gasteiger partial charge in [-0.1, -0.05) is 19.3 Å². The molecule has 1 unspecified atom stereocenters. The fourth-order valence-corrected chi connectivity index (χ4v) is 4.90. The quantitative estimate of drug-likeness (QED) is 0.932. The number of H-pyrrole nitrogens is 1. The van der Waals surface area contributed by atoms with E-state index < -0.39 is 0 Å². The smallest absolute Gasteiger partial charge is 0.252 e. The molecule has 1 spiro atoms. The maximum atomic E-state index is 13.3. The maximum absolute atomic E-state index is 13.3. The van der Waals surface area contributed by atoms with Crippen molar-refractivity contribution in [3.63, 3.8) is 0 Å². The molecule has 23 heavy (non-hydrogen) atoms. The highest BCUT2D eigenvalue weighted by molar-refractivity contribution is 5.82. The number of hydrogen-bond donors (Lipinski definition) is 1. The van der Waals surface area contributed by atoms with Gasteiger partial charge in [0.15, 0.2) is 0 Å². The molecule has 1 amide bonds. The number of carbonyl (C=O) groups excluding carboxylic acids is 1. The van der Waals surface area contributed by atoms with Crippen LogP contribution < -0.4 is 0 Å². The van der Waals surface area contributed by atoms with Crippen molar-refractivity contribution in [1.29, 1.82) is 0 Å². The van der Waals surface area contributed by atoms with Gasteiger partial charge >= 0.3 is 0 Å². The minimum atomic E-state index is -0.270. The molecular formula is C18H27N3O2. The lowest BCUT2D eigenvalue weighted by Gasteiger charge is -2.53. The third-order valence-corrected chi connectivity index (χ3v) is 6.28. The van der Waals surface area contributed by atoms with E-state index in [9.17, 15) is 4.79 Å². The van der Waals surface area contributed by atoms with Crippen molar-refractivity contribution in [2.45, 2.75) is 69.4 Å². The second-order valence-electron chi connectivity index (χ2n) is 7.41. The van der Waals surface area contributed by atoms with Crippen LogP contribution in [-0.4, -0.2) is 40.5 Å². The van der Waals surface area contributed by atoms with E-state index in [1.165, 1.54) is 31.4 Å². The molecule has 0 saturated heterocycles. The number of hydrogen-bond acceptors (Lipinski definition) is 3. The highest BCUT2D eigenvalue weighted by Crippen LogP contribution is 2.49. The molecule has 5 heteroatoms. The Hall–Kier alpha value is -1.36. The standard InChI is InChI=1S/C18H27N3O2/c1-23-15(13-6-3-2-4-7-13)17(22)21-11-8-14-16(20-12-19-14)18(21)9-5-10-18/h12-13,15H,2-11H2,1H3,(H,19,20). The molecule has 1 aliphatic heterocycles. The zero-order valence-electron chi connectivity index (χ0n) is 14.0. The average molecular weight is 317 g/mol. The van der Waals surface area contributed by atoms with Crippen molar-refractivity contribution < 1.29 is 9.53 Å². The van der Waals surface area contributed by atoms with Crippen LogP contribution in [0.1, 0.15) is 62.8 Å². The van der Waals surface area contributed by atoms with E-state index in [4.69, 9.17) is 4.74 Å². The highest BCUT2D eigenvalue weighted by atomic mass is 16.5. The number of aromatic amines is 1. The van der Waals surface area contributed by atoms with Crippen molar-refractivity contribution in [1.82, 2.24) is 14.9 Å². The van der Waals surface area contributed by atoms with E-state index in [2.05, 4.69) is 14.9 Å². The van der Waals surface area contributed by atoms with E-state index >= 15 is 0 Å². The van der Waals surface area contributed by atoms with Crippen LogP contribution >= 0.6 is 0 Å². The van der Waals surface area contributed by atoms with E-state index in [0.717, 1.165) is 44.3 Å². The number of fused-ring (bicyclic) bond motifs is 2. The predicted molar refractivity (Wildman–Crippen MR) is 86.9 cm³/mol. The van der Waals surface area contributed by atoms with Crippen molar-refractivity contribution in [2.75, 3.05) is 13.7 Å². The summed E-state index contributed by atoms with van der Waals surface area (Å²) in [5.74, 6) is 0.590. The number of aromatic nitrogens is 2. The van der Waals surface area contributed by atoms with E-state index in [1.807, 2.05) is 0 Å². The minimum absolute atomic E-state index is 0.157. The summed E-state index contributed by atoms with van der Waals surface area (Å²) in [6.45, 7) is 0.792. The summed E-state index contributed by atoms with van der Waals surface area (Å²) in [6.07, 6.45) is 11.7. The number of nitrogens with zero attached hydrogens (tertiary/aromatic N) is 2. The summed E-state index contributed by atoms with van der Waals surface area (Å²) in [6, 6.07) is 0. The van der Waals surface area contributed by atoms with Crippen molar-refractivity contribution in [3.8, 4) is 0 Å². The molecule has 2 heterocycles. The molecule has 0 radical (unpaired) electrons. The molecule has 1 aromatic heterocycles. The Bertz CT molecular complexity index is 573. The van der Waals surface area contributed by atoms with Gasteiger partial charge in [0.05, 0.1) is 17.6 Å². The monoisotopic (exact) mass is 317 g/mol. The fraction of sp³-hybridized carbons (Fsp3) is 0.778. The van der Waals surface area contributed by atoms with Crippen LogP contribution in [0, 0.1) is 5.92 Å². The molecule has 0 bridgehead atoms. The Balaban J connectivity index is 1.60. The van der Waals surface area contributed by atoms with Gasteiger partial charge in [0, 0.05) is 25.8 Å². The first-order valence-electron chi connectivity index (χ1n) is 9.13. The lowest BCUT2D eigenvalue weighted by molar-refractivity contribution is -0.159. The zero-order chi connectivity index (χ0) is 15.9. The SMILES string of the molecule is COC(C(=O)N1CCc2[nH]cnc2C12CCC2)C1CCCCC1. The van der Waals surface area contributed by atoms with Gasteiger partial charge in [-0.25, -0.2) is 4.98 Å². The molecule has 2 fully saturated rings. The van der Waals surface area contributed by atoms with E-state index in [0.29, 0.717) is 5.92 Å². The number of ether oxygens (including phenoxy) is 1. The second kappa shape index (κ2) is 5.93. The molecule has 0 aromatic carbocycles. The summed E-state index contributed by atoms with van der Waals surface area (Å²) < 4.78 is 5.72. The van der Waals surface area contributed by atoms with Crippen LogP contribution in [0.3, 0.4) is 0 Å². The van der Waals surface area contributed by atoms with Crippen LogP contribution in [0.15, 0.2) is 6.33 Å². The lowest BCUT2D eigenvalue weighted by atomic mass is 9.69. The summed E-state index contributed by atoms with van der Waals surface area (Å²) >= 11 is 0. The largest absolute Gasteiger partial charge is 0.371 e. The van der Waals surface area contributed by atoms with Gasteiger partial charge in [-0.2, -0.15) is 0 Å². The summed E-state index contributed by atoms with van der Waals surface area (Å²) in [5.41, 5.74) is 2.18. The van der Waals surface area contributed by atoms with Crippen LogP contribution in [0.2, 0.25) is 0 Å². The van der Waals surface area contributed by atoms with Crippen LogP contribution in [0.25, 0.3) is 0 Å². The summed E-state index contributed by atoms with van der Waals surface area (Å²) in [4.78, 5) is 23.3. The number of rotatable bonds is 3. The lowest BCUT2D eigenvalue weighted by Crippen LogP contribution is -2.60. The van der Waals surface area contributed by atoms with Gasteiger partial charge in [-0.3, -0.25) is 4.79 Å². The van der Waals surface area contributed by atoms with Gasteiger partial charge in [0.2, 0.25) is 0 Å². The molecule has 3 aliphatic rings. The minimum Gasteiger partial charge on any atom is -0.371 e. The van der Waals surface area contributed by atoms with E-state index in [-0.39, 0.29) is 17.6 Å². The number of imidazole rings is 1. The molecule has 5 nitrogen and oxygen atoms in total. The van der Waals surface area contributed by atoms with Crippen molar-refractivity contribution in [2.24, 2.45) is 5.92 Å². The Morgan fingerprint density at radius 2 is 2.13 bits per heavy atom. The van der Waals surface area contributed by atoms with Crippen molar-refractivity contribution in [3.05, 3.63) is 17.7 Å². The molecule has 1 atom stereocenters. The Labute approximate surface area is 137 Å². The third kappa shape index (κ3) is 2.32. The molecule has 2 aliphatic carbocycles. The third-order valence-electron chi connectivity index (χ3n) is 6.28. The van der Waals surface area contributed by atoms with Gasteiger partial charge in [0.1, 0.15) is 6.10 Å². The first-order valence-corrected chi connectivity index (χ1v) is 9.13. The van der Waals surface area contributed by atoms with E-state index in [1.54, 1.807) is 13.4 Å². The molecular weight excluding hydrogens is 290 g/mol. The van der Waals surface area contributed by atoms with Crippen LogP contribution in [-0.2, 0) is 21.5 Å². The zero-order valence-corrected chi connectivity index (χ0v) is 14.0. The molecule has 1 N–H and O–H groups in total. The predicted octanol–water partition coefficient (Wildman–Crippen LogP) is 2.77. The first-order chi connectivity index (χ1) is 11.3. The Morgan fingerprint density at radius 1 is 1.35 bits per heavy atom. The summed E-state index contributed by atoms with van der Waals surface area (Å²) in [5, 5.41) is 0. The topological polar surface area (TPSA) is 58.2 Å². The number of carbonyl (C=O) groups is 1.